The van der Waals surface area contributed by atoms with Crippen molar-refractivity contribution in [2.75, 3.05) is 0 Å². The Morgan fingerprint density at radius 1 is 0.321 bits per heavy atom. The third-order valence-corrected chi connectivity index (χ3v) is 11.2. The minimum atomic E-state index is 0.577. The van der Waals surface area contributed by atoms with Crippen LogP contribution in [0.2, 0.25) is 0 Å². The standard InChI is InChI=1S/C48H28N6OS/c1-4-13-29(14-5-1)43-50-46(32-23-25-35-34-19-10-11-22-39(34)55-40(35)27-32)52-47(51-43)33-24-26-36-37-20-12-21-38(42(37)56-41(36)28-33)48-53-44(30-15-6-2-7-16-30)49-45(54-48)31-17-8-3-9-18-31/h1-28H. The van der Waals surface area contributed by atoms with Crippen LogP contribution in [-0.4, -0.2) is 29.9 Å². The number of hydrogen-bond acceptors (Lipinski definition) is 8. The maximum Gasteiger partial charge on any atom is 0.165 e. The molecule has 0 spiro atoms. The first-order chi connectivity index (χ1) is 27.7. The summed E-state index contributed by atoms with van der Waals surface area (Å²) in [5, 5.41) is 4.42. The van der Waals surface area contributed by atoms with Gasteiger partial charge in [-0.15, -0.1) is 11.3 Å². The van der Waals surface area contributed by atoms with Crippen molar-refractivity contribution in [3.63, 3.8) is 0 Å². The summed E-state index contributed by atoms with van der Waals surface area (Å²) < 4.78 is 8.45. The largest absolute Gasteiger partial charge is 0.456 e. The zero-order valence-corrected chi connectivity index (χ0v) is 30.5. The Morgan fingerprint density at radius 2 is 0.786 bits per heavy atom. The number of aromatic nitrogens is 6. The molecular weight excluding hydrogens is 709 g/mol. The van der Waals surface area contributed by atoms with Gasteiger partial charge in [-0.05, 0) is 30.3 Å². The van der Waals surface area contributed by atoms with Crippen molar-refractivity contribution in [1.82, 2.24) is 29.9 Å². The summed E-state index contributed by atoms with van der Waals surface area (Å²) in [5.41, 5.74) is 7.13. The number of nitrogens with zero attached hydrogens (tertiary/aromatic N) is 6. The summed E-state index contributed by atoms with van der Waals surface area (Å²) in [6.07, 6.45) is 0. The molecule has 11 aromatic rings. The van der Waals surface area contributed by atoms with Gasteiger partial charge in [0.05, 0.1) is 0 Å². The fourth-order valence-corrected chi connectivity index (χ4v) is 8.51. The van der Waals surface area contributed by atoms with Crippen molar-refractivity contribution < 1.29 is 4.42 Å². The average Bonchev–Trinajstić information content (AvgIpc) is 3.85. The number of benzene rings is 7. The molecule has 262 valence electrons. The molecule has 7 nitrogen and oxygen atoms in total. The van der Waals surface area contributed by atoms with Crippen LogP contribution >= 0.6 is 11.3 Å². The first-order valence-electron chi connectivity index (χ1n) is 18.3. The Bertz CT molecular complexity index is 3200. The SMILES string of the molecule is c1ccc(-c2nc(-c3ccc4c(c3)oc3ccccc34)nc(-c3ccc4c(c3)sc3c(-c5nc(-c6ccccc6)nc(-c6ccccc6)n5)cccc34)n2)cc1. The van der Waals surface area contributed by atoms with Gasteiger partial charge in [-0.3, -0.25) is 0 Å². The second kappa shape index (κ2) is 13.2. The molecule has 0 unspecified atom stereocenters. The summed E-state index contributed by atoms with van der Waals surface area (Å²) in [7, 11) is 0. The van der Waals surface area contributed by atoms with Crippen LogP contribution in [-0.2, 0) is 0 Å². The van der Waals surface area contributed by atoms with Crippen LogP contribution in [0.15, 0.2) is 174 Å². The topological polar surface area (TPSA) is 90.5 Å². The van der Waals surface area contributed by atoms with Crippen LogP contribution < -0.4 is 0 Å². The first kappa shape index (κ1) is 32.0. The van der Waals surface area contributed by atoms with Gasteiger partial charge in [0.25, 0.3) is 0 Å². The van der Waals surface area contributed by atoms with Crippen LogP contribution in [0.25, 0.3) is 110 Å². The fourth-order valence-electron chi connectivity index (χ4n) is 7.26. The highest BCUT2D eigenvalue weighted by Crippen LogP contribution is 2.41. The normalized spacial score (nSPS) is 11.6. The lowest BCUT2D eigenvalue weighted by atomic mass is 10.1. The molecule has 0 aliphatic rings. The minimum Gasteiger partial charge on any atom is -0.456 e. The smallest absolute Gasteiger partial charge is 0.165 e. The molecule has 56 heavy (non-hydrogen) atoms. The third-order valence-electron chi connectivity index (χ3n) is 10.0. The van der Waals surface area contributed by atoms with Gasteiger partial charge < -0.3 is 4.42 Å². The second-order valence-electron chi connectivity index (χ2n) is 13.5. The van der Waals surface area contributed by atoms with Gasteiger partial charge in [-0.2, -0.15) is 0 Å². The Labute approximate surface area is 324 Å². The van der Waals surface area contributed by atoms with E-state index in [0.717, 1.165) is 75.5 Å². The van der Waals surface area contributed by atoms with E-state index >= 15 is 0 Å². The van der Waals surface area contributed by atoms with E-state index in [4.69, 9.17) is 34.3 Å². The highest BCUT2D eigenvalue weighted by Gasteiger charge is 2.19. The molecule has 0 aliphatic heterocycles. The number of furan rings is 1. The molecule has 0 fully saturated rings. The molecule has 8 heteroatoms. The molecule has 0 radical (unpaired) electrons. The molecule has 4 aromatic heterocycles. The number of rotatable bonds is 6. The summed E-state index contributed by atoms with van der Waals surface area (Å²) in [6.45, 7) is 0. The van der Waals surface area contributed by atoms with Gasteiger partial charge in [0.15, 0.2) is 34.9 Å². The summed E-state index contributed by atoms with van der Waals surface area (Å²) in [4.78, 5) is 30.1. The van der Waals surface area contributed by atoms with E-state index in [1.54, 1.807) is 11.3 Å². The molecule has 0 amide bonds. The molecule has 0 atom stereocenters. The summed E-state index contributed by atoms with van der Waals surface area (Å²) in [5.74, 6) is 3.67. The maximum atomic E-state index is 6.24. The van der Waals surface area contributed by atoms with E-state index in [-0.39, 0.29) is 0 Å². The minimum absolute atomic E-state index is 0.577. The monoisotopic (exact) mass is 736 g/mol. The fraction of sp³-hybridized carbons (Fsp3) is 0. The van der Waals surface area contributed by atoms with Gasteiger partial charge in [0.1, 0.15) is 11.2 Å². The van der Waals surface area contributed by atoms with Gasteiger partial charge in [-0.25, -0.2) is 29.9 Å². The third kappa shape index (κ3) is 5.59. The zero-order chi connectivity index (χ0) is 37.0. The number of thiophene rings is 1. The molecule has 0 N–H and O–H groups in total. The van der Waals surface area contributed by atoms with Gasteiger partial charge in [-0.1, -0.05) is 140 Å². The van der Waals surface area contributed by atoms with Crippen molar-refractivity contribution in [2.24, 2.45) is 0 Å². The Hall–Kier alpha value is -7.42. The highest BCUT2D eigenvalue weighted by atomic mass is 32.1. The van der Waals surface area contributed by atoms with Crippen LogP contribution in [0.3, 0.4) is 0 Å². The Balaban J connectivity index is 1.05. The highest BCUT2D eigenvalue weighted by molar-refractivity contribution is 7.26. The molecule has 4 heterocycles. The lowest BCUT2D eigenvalue weighted by molar-refractivity contribution is 0.669. The van der Waals surface area contributed by atoms with Crippen molar-refractivity contribution >= 4 is 53.4 Å². The second-order valence-corrected chi connectivity index (χ2v) is 14.6. The van der Waals surface area contributed by atoms with Gasteiger partial charge >= 0.3 is 0 Å². The molecule has 7 aromatic carbocycles. The number of para-hydroxylation sites is 1. The van der Waals surface area contributed by atoms with Crippen LogP contribution in [0, 0.1) is 0 Å². The van der Waals surface area contributed by atoms with E-state index in [1.165, 1.54) is 0 Å². The summed E-state index contributed by atoms with van der Waals surface area (Å²) >= 11 is 1.72. The van der Waals surface area contributed by atoms with Crippen LogP contribution in [0.1, 0.15) is 0 Å². The van der Waals surface area contributed by atoms with Gasteiger partial charge in [0, 0.05) is 64.3 Å². The van der Waals surface area contributed by atoms with Crippen molar-refractivity contribution in [3.05, 3.63) is 170 Å². The maximum absolute atomic E-state index is 6.24. The van der Waals surface area contributed by atoms with Crippen LogP contribution in [0.4, 0.5) is 0 Å². The quantitative estimate of drug-likeness (QED) is 0.168. The molecule has 0 saturated heterocycles. The van der Waals surface area contributed by atoms with Crippen molar-refractivity contribution in [3.8, 4) is 68.3 Å². The first-order valence-corrected chi connectivity index (χ1v) is 19.1. The van der Waals surface area contributed by atoms with Crippen molar-refractivity contribution in [2.45, 2.75) is 0 Å². The number of fused-ring (bicyclic) bond motifs is 6. The van der Waals surface area contributed by atoms with E-state index in [9.17, 15) is 0 Å². The predicted molar refractivity (Wildman–Crippen MR) is 226 cm³/mol. The lowest BCUT2D eigenvalue weighted by Crippen LogP contribution is -2.00. The van der Waals surface area contributed by atoms with Crippen LogP contribution in [0.5, 0.6) is 0 Å². The van der Waals surface area contributed by atoms with E-state index in [2.05, 4.69) is 54.6 Å². The number of hydrogen-bond donors (Lipinski definition) is 0. The Morgan fingerprint density at radius 3 is 1.39 bits per heavy atom. The lowest BCUT2D eigenvalue weighted by Gasteiger charge is -2.09. The molecule has 0 saturated carbocycles. The van der Waals surface area contributed by atoms with E-state index in [1.807, 2.05) is 115 Å². The predicted octanol–water partition coefficient (Wildman–Crippen LogP) is 12.3. The molecule has 11 rings (SSSR count). The molecule has 0 bridgehead atoms. The van der Waals surface area contributed by atoms with E-state index in [0.29, 0.717) is 34.9 Å². The zero-order valence-electron chi connectivity index (χ0n) is 29.7. The Kier molecular flexibility index (Phi) is 7.53. The molecule has 0 aliphatic carbocycles. The van der Waals surface area contributed by atoms with Gasteiger partial charge in [0.2, 0.25) is 0 Å². The van der Waals surface area contributed by atoms with E-state index < -0.39 is 0 Å². The van der Waals surface area contributed by atoms with Crippen molar-refractivity contribution in [1.29, 1.82) is 0 Å². The molecular formula is C48H28N6OS. The summed E-state index contributed by atoms with van der Waals surface area (Å²) in [6, 6.07) is 57.2. The average molecular weight is 737 g/mol.